The van der Waals surface area contributed by atoms with Crippen LogP contribution in [0, 0.1) is 0 Å². The molecule has 0 fully saturated rings. The van der Waals surface area contributed by atoms with Crippen LogP contribution in [0.4, 0.5) is 0 Å². The Hall–Kier alpha value is -1.35. The minimum absolute atomic E-state index is 0.0103. The molecule has 3 heteroatoms. The predicted octanol–water partition coefficient (Wildman–Crippen LogP) is 2.15. The quantitative estimate of drug-likeness (QED) is 0.849. The first-order valence-corrected chi connectivity index (χ1v) is 6.07. The van der Waals surface area contributed by atoms with Crippen LogP contribution < -0.4 is 0 Å². The fourth-order valence-corrected chi connectivity index (χ4v) is 1.88. The minimum atomic E-state index is -1.10. The molecule has 94 valence electrons. The van der Waals surface area contributed by atoms with Crippen LogP contribution in [-0.2, 0) is 10.4 Å². The fourth-order valence-electron chi connectivity index (χ4n) is 1.88. The van der Waals surface area contributed by atoms with Gasteiger partial charge in [-0.3, -0.25) is 4.79 Å². The van der Waals surface area contributed by atoms with Gasteiger partial charge in [0.1, 0.15) is 0 Å². The summed E-state index contributed by atoms with van der Waals surface area (Å²) in [6, 6.07) is 9.31. The molecule has 1 aromatic carbocycles. The number of rotatable bonds is 5. The smallest absolute Gasteiger partial charge is 0.225 e. The summed E-state index contributed by atoms with van der Waals surface area (Å²) in [4.78, 5) is 13.7. The van der Waals surface area contributed by atoms with Crippen molar-refractivity contribution in [1.29, 1.82) is 0 Å². The van der Waals surface area contributed by atoms with Crippen LogP contribution in [0.1, 0.15) is 32.8 Å². The molecule has 0 saturated carbocycles. The number of hydrogen-bond acceptors (Lipinski definition) is 2. The maximum Gasteiger partial charge on any atom is 0.225 e. The van der Waals surface area contributed by atoms with Gasteiger partial charge in [-0.1, -0.05) is 30.3 Å². The molecule has 1 unspecified atom stereocenters. The van der Waals surface area contributed by atoms with Crippen molar-refractivity contribution in [2.24, 2.45) is 0 Å². The second kappa shape index (κ2) is 5.82. The zero-order chi connectivity index (χ0) is 12.9. The molecule has 1 N–H and O–H groups in total. The largest absolute Gasteiger partial charge is 0.385 e. The summed E-state index contributed by atoms with van der Waals surface area (Å²) in [6.07, 6.45) is 0.124. The summed E-state index contributed by atoms with van der Waals surface area (Å²) in [5, 5.41) is 10.3. The third-order valence-corrected chi connectivity index (χ3v) is 3.01. The van der Waals surface area contributed by atoms with Crippen LogP contribution in [0.3, 0.4) is 0 Å². The zero-order valence-electron chi connectivity index (χ0n) is 10.8. The Labute approximate surface area is 103 Å². The monoisotopic (exact) mass is 235 g/mol. The molecule has 1 amide bonds. The van der Waals surface area contributed by atoms with E-state index in [1.165, 1.54) is 0 Å². The number of carbonyl (C=O) groups is 1. The normalized spacial score (nSPS) is 14.1. The van der Waals surface area contributed by atoms with Gasteiger partial charge >= 0.3 is 0 Å². The molecule has 0 heterocycles. The van der Waals surface area contributed by atoms with Gasteiger partial charge in [0.05, 0.1) is 12.0 Å². The Balaban J connectivity index is 2.76. The van der Waals surface area contributed by atoms with E-state index in [0.717, 1.165) is 5.56 Å². The second-order valence-electron chi connectivity index (χ2n) is 4.38. The van der Waals surface area contributed by atoms with E-state index in [2.05, 4.69) is 0 Å². The van der Waals surface area contributed by atoms with Gasteiger partial charge in [0.2, 0.25) is 5.91 Å². The van der Waals surface area contributed by atoms with Gasteiger partial charge in [-0.15, -0.1) is 0 Å². The first-order valence-electron chi connectivity index (χ1n) is 6.07. The zero-order valence-corrected chi connectivity index (χ0v) is 10.8. The number of hydrogen-bond donors (Lipinski definition) is 1. The Kier molecular flexibility index (Phi) is 4.70. The second-order valence-corrected chi connectivity index (χ2v) is 4.38. The lowest BCUT2D eigenvalue weighted by molar-refractivity contribution is -0.135. The first kappa shape index (κ1) is 13.7. The SMILES string of the molecule is CCN(CC)C(=O)CC(C)(O)c1ccccc1. The van der Waals surface area contributed by atoms with Crippen molar-refractivity contribution < 1.29 is 9.90 Å². The van der Waals surface area contributed by atoms with Crippen molar-refractivity contribution in [3.05, 3.63) is 35.9 Å². The van der Waals surface area contributed by atoms with Crippen LogP contribution in [0.5, 0.6) is 0 Å². The molecule has 1 rings (SSSR count). The third kappa shape index (κ3) is 3.56. The fraction of sp³-hybridized carbons (Fsp3) is 0.500. The van der Waals surface area contributed by atoms with Gasteiger partial charge in [0, 0.05) is 13.1 Å². The number of nitrogens with zero attached hydrogens (tertiary/aromatic N) is 1. The van der Waals surface area contributed by atoms with E-state index in [9.17, 15) is 9.90 Å². The van der Waals surface area contributed by atoms with E-state index in [1.807, 2.05) is 44.2 Å². The number of aliphatic hydroxyl groups is 1. The molecule has 0 aliphatic carbocycles. The highest BCUT2D eigenvalue weighted by Crippen LogP contribution is 2.24. The average molecular weight is 235 g/mol. The number of benzene rings is 1. The summed E-state index contributed by atoms with van der Waals surface area (Å²) in [5.74, 6) is -0.0103. The Morgan fingerprint density at radius 1 is 1.24 bits per heavy atom. The van der Waals surface area contributed by atoms with Crippen molar-refractivity contribution in [2.45, 2.75) is 32.8 Å². The predicted molar refractivity (Wildman–Crippen MR) is 68.6 cm³/mol. The summed E-state index contributed by atoms with van der Waals surface area (Å²) in [7, 11) is 0. The average Bonchev–Trinajstić information content (AvgIpc) is 2.31. The van der Waals surface area contributed by atoms with Gasteiger partial charge in [0.25, 0.3) is 0 Å². The molecular formula is C14H21NO2. The van der Waals surface area contributed by atoms with Crippen LogP contribution in [-0.4, -0.2) is 29.0 Å². The maximum absolute atomic E-state index is 12.0. The molecule has 0 bridgehead atoms. The van der Waals surface area contributed by atoms with Gasteiger partial charge in [0.15, 0.2) is 0 Å². The van der Waals surface area contributed by atoms with Crippen LogP contribution in [0.2, 0.25) is 0 Å². The Morgan fingerprint density at radius 2 is 1.76 bits per heavy atom. The Morgan fingerprint density at radius 3 is 2.24 bits per heavy atom. The minimum Gasteiger partial charge on any atom is -0.385 e. The van der Waals surface area contributed by atoms with Crippen LogP contribution in [0.15, 0.2) is 30.3 Å². The van der Waals surface area contributed by atoms with E-state index < -0.39 is 5.60 Å². The van der Waals surface area contributed by atoms with Crippen molar-refractivity contribution >= 4 is 5.91 Å². The summed E-state index contributed by atoms with van der Waals surface area (Å²) in [6.45, 7) is 6.93. The first-order chi connectivity index (χ1) is 8.01. The van der Waals surface area contributed by atoms with Crippen LogP contribution in [0.25, 0.3) is 0 Å². The van der Waals surface area contributed by atoms with Crippen LogP contribution >= 0.6 is 0 Å². The molecule has 0 aliphatic heterocycles. The van der Waals surface area contributed by atoms with Crippen molar-refractivity contribution in [3.63, 3.8) is 0 Å². The molecule has 1 aromatic rings. The summed E-state index contributed by atoms with van der Waals surface area (Å²) in [5.41, 5.74) is -0.318. The molecule has 1 atom stereocenters. The number of amides is 1. The van der Waals surface area contributed by atoms with Crippen molar-refractivity contribution in [3.8, 4) is 0 Å². The highest BCUT2D eigenvalue weighted by Gasteiger charge is 2.28. The van der Waals surface area contributed by atoms with Gasteiger partial charge in [-0.2, -0.15) is 0 Å². The van der Waals surface area contributed by atoms with E-state index in [1.54, 1.807) is 11.8 Å². The highest BCUT2D eigenvalue weighted by molar-refractivity contribution is 5.77. The molecular weight excluding hydrogens is 214 g/mol. The lowest BCUT2D eigenvalue weighted by Gasteiger charge is -2.27. The Bertz CT molecular complexity index is 356. The number of carbonyl (C=O) groups excluding carboxylic acids is 1. The van der Waals surface area contributed by atoms with Gasteiger partial charge in [-0.05, 0) is 26.3 Å². The molecule has 17 heavy (non-hydrogen) atoms. The topological polar surface area (TPSA) is 40.5 Å². The van der Waals surface area contributed by atoms with E-state index in [-0.39, 0.29) is 12.3 Å². The standard InChI is InChI=1S/C14H21NO2/c1-4-15(5-2)13(16)11-14(3,17)12-9-7-6-8-10-12/h6-10,17H,4-5,11H2,1-3H3. The third-order valence-electron chi connectivity index (χ3n) is 3.01. The molecule has 0 aromatic heterocycles. The summed E-state index contributed by atoms with van der Waals surface area (Å²) < 4.78 is 0. The molecule has 0 radical (unpaired) electrons. The van der Waals surface area contributed by atoms with E-state index in [0.29, 0.717) is 13.1 Å². The molecule has 3 nitrogen and oxygen atoms in total. The molecule has 0 spiro atoms. The molecule has 0 saturated heterocycles. The van der Waals surface area contributed by atoms with Gasteiger partial charge in [-0.25, -0.2) is 0 Å². The van der Waals surface area contributed by atoms with E-state index >= 15 is 0 Å². The van der Waals surface area contributed by atoms with E-state index in [4.69, 9.17) is 0 Å². The highest BCUT2D eigenvalue weighted by atomic mass is 16.3. The van der Waals surface area contributed by atoms with Crippen molar-refractivity contribution in [1.82, 2.24) is 4.90 Å². The van der Waals surface area contributed by atoms with Crippen molar-refractivity contribution in [2.75, 3.05) is 13.1 Å². The van der Waals surface area contributed by atoms with Gasteiger partial charge < -0.3 is 10.0 Å². The molecule has 0 aliphatic rings. The maximum atomic E-state index is 12.0. The lowest BCUT2D eigenvalue weighted by Crippen LogP contribution is -2.36. The lowest BCUT2D eigenvalue weighted by atomic mass is 9.92. The summed E-state index contributed by atoms with van der Waals surface area (Å²) >= 11 is 0.